The van der Waals surface area contributed by atoms with Gasteiger partial charge in [0, 0.05) is 49.0 Å². The van der Waals surface area contributed by atoms with Crippen LogP contribution in [-0.4, -0.2) is 24.1 Å². The van der Waals surface area contributed by atoms with Crippen LogP contribution in [0.25, 0.3) is 111 Å². The Hall–Kier alpha value is -7.83. The van der Waals surface area contributed by atoms with Crippen molar-refractivity contribution in [1.82, 2.24) is 24.1 Å². The maximum atomic E-state index is 7.32. The molecule has 6 heteroatoms. The van der Waals surface area contributed by atoms with Crippen molar-refractivity contribution in [2.75, 3.05) is 0 Å². The van der Waals surface area contributed by atoms with E-state index in [9.17, 15) is 0 Å². The molecule has 0 amide bonds. The van der Waals surface area contributed by atoms with Crippen LogP contribution in [-0.2, 0) is 0 Å². The van der Waals surface area contributed by atoms with E-state index in [0.717, 1.165) is 88.1 Å². The Kier molecular flexibility index (Phi) is 6.83. The van der Waals surface area contributed by atoms with Crippen LogP contribution in [0, 0.1) is 0 Å². The second-order valence-corrected chi connectivity index (χ2v) is 14.4. The minimum Gasteiger partial charge on any atom is -0.452 e. The summed E-state index contributed by atoms with van der Waals surface area (Å²) in [6, 6.07) is 65.4. The summed E-state index contributed by atoms with van der Waals surface area (Å²) < 4.78 is 11.9. The Morgan fingerprint density at radius 2 is 0.772 bits per heavy atom. The molecule has 0 aliphatic rings. The van der Waals surface area contributed by atoms with Gasteiger partial charge in [-0.1, -0.05) is 158 Å². The molecular formula is C51H31N5O. The van der Waals surface area contributed by atoms with Crippen LogP contribution in [0.4, 0.5) is 0 Å². The van der Waals surface area contributed by atoms with E-state index in [1.165, 1.54) is 5.39 Å². The van der Waals surface area contributed by atoms with E-state index in [2.05, 4.69) is 137 Å². The molecule has 57 heavy (non-hydrogen) atoms. The fraction of sp³-hybridized carbons (Fsp3) is 0. The van der Waals surface area contributed by atoms with Gasteiger partial charge in [-0.05, 0) is 35.9 Å². The number of nitrogens with zero attached hydrogens (tertiary/aromatic N) is 5. The number of fused-ring (bicyclic) bond motifs is 11. The summed E-state index contributed by atoms with van der Waals surface area (Å²) in [6.45, 7) is 0. The molecule has 4 heterocycles. The van der Waals surface area contributed by atoms with Gasteiger partial charge in [-0.25, -0.2) is 4.98 Å². The SMILES string of the molecule is c1ccc(-c2nc(-c3ccccc3)nc(-n3c4ccccc4c4ccc5c6ccc7c8ccccc8n(-c8ccccc8-c8ccccc8)c7c6oc5c43)n2)cc1. The number of hydrogen-bond acceptors (Lipinski definition) is 4. The lowest BCUT2D eigenvalue weighted by Crippen LogP contribution is -2.06. The molecule has 6 nitrogen and oxygen atoms in total. The highest BCUT2D eigenvalue weighted by molar-refractivity contribution is 6.26. The lowest BCUT2D eigenvalue weighted by molar-refractivity contribution is 0.673. The number of hydrogen-bond donors (Lipinski definition) is 0. The van der Waals surface area contributed by atoms with Crippen molar-refractivity contribution in [2.45, 2.75) is 0 Å². The van der Waals surface area contributed by atoms with E-state index < -0.39 is 0 Å². The van der Waals surface area contributed by atoms with Gasteiger partial charge in [0.2, 0.25) is 5.95 Å². The first-order valence-electron chi connectivity index (χ1n) is 19.1. The quantitative estimate of drug-likeness (QED) is 0.177. The lowest BCUT2D eigenvalue weighted by atomic mass is 10.0. The Balaban J connectivity index is 1.21. The Morgan fingerprint density at radius 3 is 1.35 bits per heavy atom. The first-order chi connectivity index (χ1) is 28.3. The number of rotatable bonds is 5. The predicted octanol–water partition coefficient (Wildman–Crippen LogP) is 13.0. The number of aromatic nitrogens is 5. The maximum absolute atomic E-state index is 7.32. The fourth-order valence-corrected chi connectivity index (χ4v) is 8.67. The second kappa shape index (κ2) is 12.3. The molecule has 0 saturated heterocycles. The van der Waals surface area contributed by atoms with E-state index in [1.807, 2.05) is 60.7 Å². The highest BCUT2D eigenvalue weighted by Gasteiger charge is 2.25. The molecule has 0 fully saturated rings. The summed E-state index contributed by atoms with van der Waals surface area (Å²) in [5.74, 6) is 1.73. The Morgan fingerprint density at radius 1 is 0.333 bits per heavy atom. The van der Waals surface area contributed by atoms with Crippen LogP contribution in [0.5, 0.6) is 0 Å². The van der Waals surface area contributed by atoms with E-state index in [0.29, 0.717) is 17.6 Å². The third-order valence-corrected chi connectivity index (χ3v) is 11.2. The Labute approximate surface area is 326 Å². The van der Waals surface area contributed by atoms with E-state index in [1.54, 1.807) is 0 Å². The summed E-state index contributed by atoms with van der Waals surface area (Å²) >= 11 is 0. The monoisotopic (exact) mass is 729 g/mol. The molecule has 0 unspecified atom stereocenters. The molecular weight excluding hydrogens is 699 g/mol. The molecule has 12 aromatic rings. The molecule has 0 atom stereocenters. The largest absolute Gasteiger partial charge is 0.452 e. The number of furan rings is 1. The normalized spacial score (nSPS) is 11.9. The minimum absolute atomic E-state index is 0.526. The summed E-state index contributed by atoms with van der Waals surface area (Å²) in [6.07, 6.45) is 0. The molecule has 0 radical (unpaired) electrons. The van der Waals surface area contributed by atoms with Crippen LogP contribution in [0.2, 0.25) is 0 Å². The van der Waals surface area contributed by atoms with Gasteiger partial charge < -0.3 is 8.98 Å². The third-order valence-electron chi connectivity index (χ3n) is 11.2. The molecule has 0 aliphatic carbocycles. The van der Waals surface area contributed by atoms with Gasteiger partial charge >= 0.3 is 0 Å². The van der Waals surface area contributed by atoms with Crippen LogP contribution in [0.1, 0.15) is 0 Å². The van der Waals surface area contributed by atoms with Crippen molar-refractivity contribution in [3.63, 3.8) is 0 Å². The van der Waals surface area contributed by atoms with Gasteiger partial charge in [0.15, 0.2) is 22.8 Å². The zero-order valence-corrected chi connectivity index (χ0v) is 30.5. The predicted molar refractivity (Wildman–Crippen MR) is 232 cm³/mol. The van der Waals surface area contributed by atoms with Crippen molar-refractivity contribution in [3.05, 3.63) is 188 Å². The molecule has 0 bridgehead atoms. The zero-order valence-electron chi connectivity index (χ0n) is 30.5. The molecule has 12 rings (SSSR count). The topological polar surface area (TPSA) is 61.7 Å². The van der Waals surface area contributed by atoms with E-state index in [-0.39, 0.29) is 0 Å². The molecule has 0 aliphatic heterocycles. The standard InChI is InChI=1S/C51H31N5O/c1-4-16-32(17-5-1)35-22-10-13-25-42(35)55-43-26-14-11-23-36(43)38-28-30-40-41-31-29-39-37-24-12-15-27-44(37)56(46(39)48(41)57-47(40)45(38)55)51-53-49(33-18-6-2-7-19-33)52-50(54-51)34-20-8-3-9-21-34/h1-31H. The Bertz CT molecular complexity index is 3450. The fourth-order valence-electron chi connectivity index (χ4n) is 8.67. The van der Waals surface area contributed by atoms with Gasteiger partial charge in [0.05, 0.1) is 22.2 Å². The summed E-state index contributed by atoms with van der Waals surface area (Å²) in [5.41, 5.74) is 10.9. The number of benzene rings is 8. The summed E-state index contributed by atoms with van der Waals surface area (Å²) in [4.78, 5) is 15.4. The summed E-state index contributed by atoms with van der Waals surface area (Å²) in [5, 5.41) is 6.53. The zero-order chi connectivity index (χ0) is 37.5. The van der Waals surface area contributed by atoms with Crippen LogP contribution in [0.3, 0.4) is 0 Å². The molecule has 0 spiro atoms. The van der Waals surface area contributed by atoms with Gasteiger partial charge in [0.1, 0.15) is 5.52 Å². The highest BCUT2D eigenvalue weighted by atomic mass is 16.3. The van der Waals surface area contributed by atoms with Gasteiger partial charge in [-0.15, -0.1) is 0 Å². The van der Waals surface area contributed by atoms with E-state index >= 15 is 0 Å². The van der Waals surface area contributed by atoms with Crippen molar-refractivity contribution in [1.29, 1.82) is 0 Å². The summed E-state index contributed by atoms with van der Waals surface area (Å²) in [7, 11) is 0. The van der Waals surface area contributed by atoms with Crippen LogP contribution < -0.4 is 0 Å². The van der Waals surface area contributed by atoms with Crippen molar-refractivity contribution in [3.8, 4) is 45.5 Å². The average molecular weight is 730 g/mol. The van der Waals surface area contributed by atoms with Gasteiger partial charge in [0.25, 0.3) is 0 Å². The smallest absolute Gasteiger partial charge is 0.238 e. The number of para-hydroxylation sites is 3. The molecule has 266 valence electrons. The molecule has 0 N–H and O–H groups in total. The lowest BCUT2D eigenvalue weighted by Gasteiger charge is -2.14. The van der Waals surface area contributed by atoms with Crippen LogP contribution in [0.15, 0.2) is 192 Å². The molecule has 0 saturated carbocycles. The first kappa shape index (κ1) is 31.5. The second-order valence-electron chi connectivity index (χ2n) is 14.4. The van der Waals surface area contributed by atoms with Crippen molar-refractivity contribution < 1.29 is 4.42 Å². The van der Waals surface area contributed by atoms with Crippen molar-refractivity contribution >= 4 is 65.6 Å². The minimum atomic E-state index is 0.526. The first-order valence-corrected chi connectivity index (χ1v) is 19.1. The van der Waals surface area contributed by atoms with E-state index in [4.69, 9.17) is 19.4 Å². The maximum Gasteiger partial charge on any atom is 0.238 e. The average Bonchev–Trinajstić information content (AvgIpc) is 3.95. The van der Waals surface area contributed by atoms with Crippen LogP contribution >= 0.6 is 0 Å². The highest BCUT2D eigenvalue weighted by Crippen LogP contribution is 2.45. The molecule has 4 aromatic heterocycles. The van der Waals surface area contributed by atoms with Crippen molar-refractivity contribution in [2.24, 2.45) is 0 Å². The van der Waals surface area contributed by atoms with Gasteiger partial charge in [-0.2, -0.15) is 9.97 Å². The molecule has 8 aromatic carbocycles. The van der Waals surface area contributed by atoms with Gasteiger partial charge in [-0.3, -0.25) is 4.57 Å². The third kappa shape index (κ3) is 4.74.